The molecule has 13 aromatic rings. The quantitative estimate of drug-likeness (QED) is 0.136. The number of hydrogen-bond donors (Lipinski definition) is 0. The van der Waals surface area contributed by atoms with Crippen molar-refractivity contribution in [2.45, 2.75) is 5.41 Å². The molecule has 0 atom stereocenters. The molecule has 0 N–H and O–H groups in total. The van der Waals surface area contributed by atoms with E-state index in [2.05, 4.69) is 209 Å². The largest absolute Gasteiger partial charge is 0.309 e. The Bertz CT molecular complexity index is 3840. The van der Waals surface area contributed by atoms with E-state index in [-0.39, 0.29) is 0 Å². The predicted molar refractivity (Wildman–Crippen MR) is 283 cm³/mol. The average Bonchev–Trinajstić information content (AvgIpc) is 3.94. The van der Waals surface area contributed by atoms with Gasteiger partial charge in [-0.1, -0.05) is 212 Å². The van der Waals surface area contributed by atoms with Crippen molar-refractivity contribution in [3.05, 3.63) is 283 Å². The number of para-hydroxylation sites is 2. The summed E-state index contributed by atoms with van der Waals surface area (Å²) in [5, 5.41) is 4.79. The molecule has 0 aliphatic rings. The smallest absolute Gasteiger partial charge is 0.164 e. The monoisotopic (exact) mass is 881 g/mol. The van der Waals surface area contributed by atoms with Crippen LogP contribution in [0.4, 0.5) is 0 Å². The zero-order valence-corrected chi connectivity index (χ0v) is 37.6. The first-order chi connectivity index (χ1) is 34.2. The first kappa shape index (κ1) is 40.1. The van der Waals surface area contributed by atoms with Crippen molar-refractivity contribution in [2.75, 3.05) is 0 Å². The molecule has 69 heavy (non-hydrogen) atoms. The summed E-state index contributed by atoms with van der Waals surface area (Å²) >= 11 is 0. The molecule has 3 heterocycles. The summed E-state index contributed by atoms with van der Waals surface area (Å²) in [4.78, 5) is 15.2. The number of hydrogen-bond acceptors (Lipinski definition) is 3. The van der Waals surface area contributed by atoms with Gasteiger partial charge in [-0.15, -0.1) is 0 Å². The molecular weight excluding hydrogens is 839 g/mol. The van der Waals surface area contributed by atoms with Crippen LogP contribution in [0.2, 0.25) is 0 Å². The van der Waals surface area contributed by atoms with Gasteiger partial charge in [-0.25, -0.2) is 15.0 Å². The van der Waals surface area contributed by atoms with Gasteiger partial charge in [0.1, 0.15) is 0 Å². The minimum Gasteiger partial charge on any atom is -0.309 e. The maximum atomic E-state index is 5.10. The van der Waals surface area contributed by atoms with Gasteiger partial charge in [-0.3, -0.25) is 0 Å². The summed E-state index contributed by atoms with van der Waals surface area (Å²) < 4.78 is 4.85. The first-order valence-electron chi connectivity index (χ1n) is 23.4. The molecule has 0 aliphatic heterocycles. The van der Waals surface area contributed by atoms with Crippen LogP contribution in [0.15, 0.2) is 261 Å². The summed E-state index contributed by atoms with van der Waals surface area (Å²) in [5.41, 5.74) is 13.6. The van der Waals surface area contributed by atoms with Crippen LogP contribution in [0.1, 0.15) is 22.3 Å². The van der Waals surface area contributed by atoms with Gasteiger partial charge in [0.2, 0.25) is 0 Å². The Balaban J connectivity index is 1.04. The summed E-state index contributed by atoms with van der Waals surface area (Å²) in [6.07, 6.45) is 0. The van der Waals surface area contributed by atoms with Gasteiger partial charge >= 0.3 is 0 Å². The van der Waals surface area contributed by atoms with Gasteiger partial charge in [0.15, 0.2) is 17.5 Å². The van der Waals surface area contributed by atoms with E-state index in [0.29, 0.717) is 17.5 Å². The van der Waals surface area contributed by atoms with Crippen LogP contribution >= 0.6 is 0 Å². The lowest BCUT2D eigenvalue weighted by atomic mass is 9.65. The molecule has 0 radical (unpaired) electrons. The number of benzene rings is 10. The number of fused-ring (bicyclic) bond motifs is 6. The highest BCUT2D eigenvalue weighted by molar-refractivity contribution is 6.19. The maximum absolute atomic E-state index is 5.10. The fourth-order valence-corrected chi connectivity index (χ4v) is 10.7. The fraction of sp³-hybridized carbons (Fsp3) is 0.0156. The van der Waals surface area contributed by atoms with Gasteiger partial charge in [-0.2, -0.15) is 0 Å². The molecular formula is C64H43N5. The molecule has 13 rings (SSSR count). The Kier molecular flexibility index (Phi) is 9.65. The Morgan fingerprint density at radius 2 is 0.609 bits per heavy atom. The average molecular weight is 882 g/mol. The van der Waals surface area contributed by atoms with E-state index in [1.165, 1.54) is 43.8 Å². The molecule has 0 aliphatic carbocycles. The van der Waals surface area contributed by atoms with Crippen molar-refractivity contribution in [3.63, 3.8) is 0 Å². The van der Waals surface area contributed by atoms with Crippen LogP contribution in [0, 0.1) is 0 Å². The van der Waals surface area contributed by atoms with Crippen molar-refractivity contribution < 1.29 is 0 Å². The molecule has 0 saturated heterocycles. The van der Waals surface area contributed by atoms with Crippen LogP contribution in [-0.4, -0.2) is 24.1 Å². The molecule has 5 nitrogen and oxygen atoms in total. The van der Waals surface area contributed by atoms with Crippen LogP contribution < -0.4 is 0 Å². The zero-order valence-electron chi connectivity index (χ0n) is 37.6. The molecule has 5 heteroatoms. The second-order valence-electron chi connectivity index (χ2n) is 17.6. The lowest BCUT2D eigenvalue weighted by Gasteiger charge is -2.37. The molecule has 0 saturated carbocycles. The van der Waals surface area contributed by atoms with E-state index in [1.807, 2.05) is 60.7 Å². The minimum atomic E-state index is -0.592. The standard InChI is InChI=1S/C64H43N5/c1-6-22-44(23-7-1)61-65-62(45-24-8-2-9-25-45)67-63(66-61)46-26-20-34-51(40-46)68-57-38-18-16-36-53(57)55-42-56-54-37-17-19-39-58(54)69(60(56)43-59(55)68)52-35-21-33-50(41-52)64(47-27-10-3-11-28-47,48-29-12-4-13-30-48)49-31-14-5-15-32-49/h1-43H. The number of rotatable bonds is 9. The number of nitrogens with zero attached hydrogens (tertiary/aromatic N) is 5. The van der Waals surface area contributed by atoms with Crippen LogP contribution in [0.5, 0.6) is 0 Å². The van der Waals surface area contributed by atoms with E-state index < -0.39 is 5.41 Å². The molecule has 324 valence electrons. The van der Waals surface area contributed by atoms with Crippen LogP contribution in [0.25, 0.3) is 89.2 Å². The van der Waals surface area contributed by atoms with Crippen molar-refractivity contribution in [2.24, 2.45) is 0 Å². The topological polar surface area (TPSA) is 48.5 Å². The third-order valence-corrected chi connectivity index (χ3v) is 13.7. The first-order valence-corrected chi connectivity index (χ1v) is 23.4. The lowest BCUT2D eigenvalue weighted by Crippen LogP contribution is -2.31. The van der Waals surface area contributed by atoms with E-state index in [1.54, 1.807) is 0 Å². The van der Waals surface area contributed by atoms with E-state index >= 15 is 0 Å². The van der Waals surface area contributed by atoms with E-state index in [9.17, 15) is 0 Å². The molecule has 10 aromatic carbocycles. The fourth-order valence-electron chi connectivity index (χ4n) is 10.7. The second kappa shape index (κ2) is 16.6. The van der Waals surface area contributed by atoms with Crippen molar-refractivity contribution >= 4 is 43.6 Å². The van der Waals surface area contributed by atoms with Crippen LogP contribution in [-0.2, 0) is 5.41 Å². The zero-order chi connectivity index (χ0) is 45.7. The third kappa shape index (κ3) is 6.66. The number of aromatic nitrogens is 5. The summed E-state index contributed by atoms with van der Waals surface area (Å²) in [5.74, 6) is 1.88. The summed E-state index contributed by atoms with van der Waals surface area (Å²) in [6, 6.07) is 93.3. The molecule has 3 aromatic heterocycles. The van der Waals surface area contributed by atoms with Crippen LogP contribution in [0.3, 0.4) is 0 Å². The van der Waals surface area contributed by atoms with Crippen molar-refractivity contribution in [3.8, 4) is 45.5 Å². The summed E-state index contributed by atoms with van der Waals surface area (Å²) in [6.45, 7) is 0. The van der Waals surface area contributed by atoms with Crippen molar-refractivity contribution in [1.29, 1.82) is 0 Å². The van der Waals surface area contributed by atoms with E-state index in [0.717, 1.165) is 50.1 Å². The maximum Gasteiger partial charge on any atom is 0.164 e. The normalized spacial score (nSPS) is 11.8. The lowest BCUT2D eigenvalue weighted by molar-refractivity contribution is 0.744. The Morgan fingerprint density at radius 1 is 0.246 bits per heavy atom. The highest BCUT2D eigenvalue weighted by Crippen LogP contribution is 2.47. The molecule has 0 spiro atoms. The van der Waals surface area contributed by atoms with Gasteiger partial charge in [0.05, 0.1) is 27.5 Å². The Labute approximate surface area is 399 Å². The van der Waals surface area contributed by atoms with Gasteiger partial charge in [0, 0.05) is 49.6 Å². The third-order valence-electron chi connectivity index (χ3n) is 13.7. The highest BCUT2D eigenvalue weighted by Gasteiger charge is 2.38. The van der Waals surface area contributed by atoms with Gasteiger partial charge in [-0.05, 0) is 70.8 Å². The van der Waals surface area contributed by atoms with E-state index in [4.69, 9.17) is 15.0 Å². The SMILES string of the molecule is c1ccc(-c2nc(-c3ccccc3)nc(-c3cccc(-n4c5ccccc5c5cc6c7ccccc7n(-c7cccc(C(c8ccccc8)(c8ccccc8)c8ccccc8)c7)c6cc54)c3)n2)cc1. The second-order valence-corrected chi connectivity index (χ2v) is 17.6. The molecule has 0 bridgehead atoms. The molecule has 0 amide bonds. The predicted octanol–water partition coefficient (Wildman–Crippen LogP) is 15.4. The minimum absolute atomic E-state index is 0.592. The van der Waals surface area contributed by atoms with Gasteiger partial charge < -0.3 is 9.13 Å². The Morgan fingerprint density at radius 3 is 1.09 bits per heavy atom. The molecule has 0 fully saturated rings. The van der Waals surface area contributed by atoms with Gasteiger partial charge in [0.25, 0.3) is 0 Å². The highest BCUT2D eigenvalue weighted by atomic mass is 15.0. The van der Waals surface area contributed by atoms with Crippen molar-refractivity contribution in [1.82, 2.24) is 24.1 Å². The Hall–Kier alpha value is -9.19. The molecule has 0 unspecified atom stereocenters. The summed E-state index contributed by atoms with van der Waals surface area (Å²) in [7, 11) is 0.